The molecule has 2 N–H and O–H groups in total. The number of carbonyl (C=O) groups is 2. The zero-order valence-corrected chi connectivity index (χ0v) is 8.93. The second kappa shape index (κ2) is 4.61. The molecular weight excluding hydrogens is 212 g/mol. The maximum absolute atomic E-state index is 11.5. The summed E-state index contributed by atoms with van der Waals surface area (Å²) in [6.45, 7) is 1.36. The number of hydrogen-bond donors (Lipinski definition) is 2. The van der Waals surface area contributed by atoms with Gasteiger partial charge in [0.05, 0.1) is 5.56 Å². The quantitative estimate of drug-likeness (QED) is 0.730. The lowest BCUT2D eigenvalue weighted by atomic mass is 10.2. The highest BCUT2D eigenvalue weighted by Gasteiger charge is 2.15. The summed E-state index contributed by atoms with van der Waals surface area (Å²) in [6.07, 6.45) is 1.35. The van der Waals surface area contributed by atoms with Crippen molar-refractivity contribution in [1.29, 1.82) is 0 Å². The summed E-state index contributed by atoms with van der Waals surface area (Å²) in [6, 6.07) is 1.64. The van der Waals surface area contributed by atoms with Gasteiger partial charge in [-0.25, -0.2) is 0 Å². The van der Waals surface area contributed by atoms with Crippen LogP contribution in [0.25, 0.3) is 0 Å². The molecular formula is C10H12N2O4. The molecule has 0 aromatic carbocycles. The van der Waals surface area contributed by atoms with Gasteiger partial charge in [-0.3, -0.25) is 14.4 Å². The zero-order chi connectivity index (χ0) is 12.3. The van der Waals surface area contributed by atoms with Crippen LogP contribution in [0.5, 0.6) is 0 Å². The van der Waals surface area contributed by atoms with Crippen molar-refractivity contribution in [2.24, 2.45) is 7.05 Å². The van der Waals surface area contributed by atoms with E-state index in [-0.39, 0.29) is 11.1 Å². The lowest BCUT2D eigenvalue weighted by molar-refractivity contribution is -0.138. The highest BCUT2D eigenvalue weighted by Crippen LogP contribution is 1.96. The van der Waals surface area contributed by atoms with E-state index in [0.717, 1.165) is 0 Å². The van der Waals surface area contributed by atoms with Crippen molar-refractivity contribution in [2.45, 2.75) is 13.0 Å². The van der Waals surface area contributed by atoms with Gasteiger partial charge in [0.25, 0.3) is 5.91 Å². The summed E-state index contributed by atoms with van der Waals surface area (Å²) >= 11 is 0. The van der Waals surface area contributed by atoms with Crippen LogP contribution in [0, 0.1) is 0 Å². The summed E-state index contributed by atoms with van der Waals surface area (Å²) in [5, 5.41) is 10.9. The predicted octanol–water partition coefficient (Wildman–Crippen LogP) is -0.412. The second-order valence-corrected chi connectivity index (χ2v) is 3.40. The molecule has 1 aromatic rings. The van der Waals surface area contributed by atoms with Crippen LogP contribution in [0.4, 0.5) is 0 Å². The number of rotatable bonds is 3. The van der Waals surface area contributed by atoms with Crippen molar-refractivity contribution in [3.8, 4) is 0 Å². The van der Waals surface area contributed by atoms with Gasteiger partial charge < -0.3 is 15.0 Å². The van der Waals surface area contributed by atoms with Crippen molar-refractivity contribution >= 4 is 11.9 Å². The Balaban J connectivity index is 2.85. The first-order chi connectivity index (χ1) is 7.41. The number of carboxylic acids is 1. The van der Waals surface area contributed by atoms with Crippen LogP contribution in [0.2, 0.25) is 0 Å². The van der Waals surface area contributed by atoms with Gasteiger partial charge >= 0.3 is 5.97 Å². The lowest BCUT2D eigenvalue weighted by Gasteiger charge is -2.09. The second-order valence-electron chi connectivity index (χ2n) is 3.40. The van der Waals surface area contributed by atoms with E-state index in [0.29, 0.717) is 0 Å². The molecule has 16 heavy (non-hydrogen) atoms. The molecule has 0 saturated heterocycles. The molecule has 0 saturated carbocycles. The minimum atomic E-state index is -1.11. The zero-order valence-electron chi connectivity index (χ0n) is 8.93. The normalized spacial score (nSPS) is 11.9. The van der Waals surface area contributed by atoms with E-state index in [4.69, 9.17) is 5.11 Å². The number of aliphatic carboxylic acids is 1. The molecule has 0 aliphatic rings. The van der Waals surface area contributed by atoms with Crippen LogP contribution >= 0.6 is 0 Å². The first-order valence-electron chi connectivity index (χ1n) is 4.62. The number of aromatic nitrogens is 1. The largest absolute Gasteiger partial charge is 0.480 e. The minimum Gasteiger partial charge on any atom is -0.480 e. The lowest BCUT2D eigenvalue weighted by Crippen LogP contribution is -2.38. The smallest absolute Gasteiger partial charge is 0.325 e. The van der Waals surface area contributed by atoms with Crippen LogP contribution in [-0.4, -0.2) is 27.6 Å². The number of hydrogen-bond acceptors (Lipinski definition) is 3. The van der Waals surface area contributed by atoms with E-state index < -0.39 is 17.9 Å². The molecule has 0 aliphatic carbocycles. The number of pyridine rings is 1. The Labute approximate surface area is 91.5 Å². The molecule has 6 heteroatoms. The summed E-state index contributed by atoms with van der Waals surface area (Å²) in [4.78, 5) is 33.1. The minimum absolute atomic E-state index is 0.233. The molecule has 1 heterocycles. The van der Waals surface area contributed by atoms with Crippen LogP contribution < -0.4 is 10.9 Å². The van der Waals surface area contributed by atoms with Crippen molar-refractivity contribution in [1.82, 2.24) is 9.88 Å². The molecule has 1 aromatic heterocycles. The molecule has 0 unspecified atom stereocenters. The molecule has 86 valence electrons. The van der Waals surface area contributed by atoms with Gasteiger partial charge in [0.1, 0.15) is 6.04 Å². The maximum Gasteiger partial charge on any atom is 0.325 e. The van der Waals surface area contributed by atoms with Crippen molar-refractivity contribution in [3.05, 3.63) is 34.2 Å². The van der Waals surface area contributed by atoms with E-state index in [1.54, 1.807) is 0 Å². The fourth-order valence-electron chi connectivity index (χ4n) is 1.07. The highest BCUT2D eigenvalue weighted by atomic mass is 16.4. The van der Waals surface area contributed by atoms with Crippen molar-refractivity contribution < 1.29 is 14.7 Å². The van der Waals surface area contributed by atoms with Crippen LogP contribution in [0.3, 0.4) is 0 Å². The van der Waals surface area contributed by atoms with Gasteiger partial charge in [-0.2, -0.15) is 0 Å². The Morgan fingerprint density at radius 1 is 1.44 bits per heavy atom. The Morgan fingerprint density at radius 3 is 2.56 bits per heavy atom. The van der Waals surface area contributed by atoms with Crippen LogP contribution in [0.15, 0.2) is 23.1 Å². The van der Waals surface area contributed by atoms with Gasteiger partial charge in [0.2, 0.25) is 5.56 Å². The van der Waals surface area contributed by atoms with E-state index in [2.05, 4.69) is 5.32 Å². The summed E-state index contributed by atoms with van der Waals surface area (Å²) in [5.41, 5.74) is 0.0121. The number of aryl methyl sites for hydroxylation is 1. The number of nitrogens with one attached hydrogen (secondary N) is 1. The molecule has 0 radical (unpaired) electrons. The van der Waals surface area contributed by atoms with Crippen molar-refractivity contribution in [2.75, 3.05) is 0 Å². The fourth-order valence-corrected chi connectivity index (χ4v) is 1.07. The number of carboxylic acid groups (broad SMARTS) is 1. The van der Waals surface area contributed by atoms with Gasteiger partial charge in [0, 0.05) is 19.3 Å². The SMILES string of the molecule is C[C@@H](NC(=O)c1ccc(=O)n(C)c1)C(=O)O. The average Bonchev–Trinajstić information content (AvgIpc) is 2.21. The Morgan fingerprint density at radius 2 is 2.06 bits per heavy atom. The fraction of sp³-hybridized carbons (Fsp3) is 0.300. The number of amides is 1. The predicted molar refractivity (Wildman–Crippen MR) is 56.2 cm³/mol. The molecule has 0 fully saturated rings. The molecule has 0 aliphatic heterocycles. The number of carbonyl (C=O) groups excluding carboxylic acids is 1. The first-order valence-corrected chi connectivity index (χ1v) is 4.62. The van der Waals surface area contributed by atoms with E-state index in [1.807, 2.05) is 0 Å². The standard InChI is InChI=1S/C10H12N2O4/c1-6(10(15)16)11-9(14)7-3-4-8(13)12(2)5-7/h3-6H,1-2H3,(H,11,14)(H,15,16)/t6-/m1/s1. The van der Waals surface area contributed by atoms with Gasteiger partial charge in [-0.1, -0.05) is 0 Å². The Bertz CT molecular complexity index is 478. The molecule has 6 nitrogen and oxygen atoms in total. The third kappa shape index (κ3) is 2.69. The van der Waals surface area contributed by atoms with Gasteiger partial charge in [-0.15, -0.1) is 0 Å². The highest BCUT2D eigenvalue weighted by molar-refractivity contribution is 5.96. The summed E-state index contributed by atoms with van der Waals surface area (Å²) in [7, 11) is 1.51. The topological polar surface area (TPSA) is 88.4 Å². The average molecular weight is 224 g/mol. The van der Waals surface area contributed by atoms with Crippen molar-refractivity contribution in [3.63, 3.8) is 0 Å². The van der Waals surface area contributed by atoms with Crippen LogP contribution in [-0.2, 0) is 11.8 Å². The third-order valence-electron chi connectivity index (χ3n) is 2.07. The molecule has 1 amide bonds. The summed E-state index contributed by atoms with van der Waals surface area (Å²) in [5.74, 6) is -1.64. The molecule has 1 rings (SSSR count). The number of nitrogens with zero attached hydrogens (tertiary/aromatic N) is 1. The van der Waals surface area contributed by atoms with Gasteiger partial charge in [0.15, 0.2) is 0 Å². The van der Waals surface area contributed by atoms with E-state index >= 15 is 0 Å². The Kier molecular flexibility index (Phi) is 3.44. The molecule has 1 atom stereocenters. The van der Waals surface area contributed by atoms with Crippen LogP contribution in [0.1, 0.15) is 17.3 Å². The monoisotopic (exact) mass is 224 g/mol. The maximum atomic E-state index is 11.5. The third-order valence-corrected chi connectivity index (χ3v) is 2.07. The summed E-state index contributed by atoms with van der Waals surface area (Å²) < 4.78 is 1.25. The molecule has 0 bridgehead atoms. The molecule has 0 spiro atoms. The Hall–Kier alpha value is -2.11. The van der Waals surface area contributed by atoms with E-state index in [9.17, 15) is 14.4 Å². The first kappa shape index (κ1) is 12.0. The van der Waals surface area contributed by atoms with E-state index in [1.165, 1.54) is 36.9 Å². The van der Waals surface area contributed by atoms with Gasteiger partial charge in [-0.05, 0) is 13.0 Å².